The second kappa shape index (κ2) is 6.36. The minimum atomic E-state index is -1.10. The van der Waals surface area contributed by atoms with E-state index in [1.807, 2.05) is 6.07 Å². The van der Waals surface area contributed by atoms with Crippen LogP contribution in [0.3, 0.4) is 0 Å². The Morgan fingerprint density at radius 2 is 2.24 bits per heavy atom. The van der Waals surface area contributed by atoms with Gasteiger partial charge in [-0.05, 0) is 25.1 Å². The number of anilines is 1. The molecule has 0 bridgehead atoms. The summed E-state index contributed by atoms with van der Waals surface area (Å²) in [7, 11) is 0. The molecule has 0 radical (unpaired) electrons. The number of hydrogen-bond donors (Lipinski definition) is 2. The maximum atomic E-state index is 11.4. The number of aliphatic carboxylic acids is 1. The van der Waals surface area contributed by atoms with Gasteiger partial charge in [0.15, 0.2) is 6.10 Å². The summed E-state index contributed by atoms with van der Waals surface area (Å²) in [6.07, 6.45) is -0.997. The Morgan fingerprint density at radius 1 is 1.53 bits per heavy atom. The largest absolute Gasteiger partial charge is 0.479 e. The first-order chi connectivity index (χ1) is 7.99. The average molecular weight is 302 g/mol. The van der Waals surface area contributed by atoms with E-state index in [4.69, 9.17) is 9.84 Å². The van der Waals surface area contributed by atoms with Gasteiger partial charge in [0.25, 0.3) is 0 Å². The Labute approximate surface area is 107 Å². The lowest BCUT2D eigenvalue weighted by atomic mass is 10.3. The number of rotatable bonds is 5. The lowest BCUT2D eigenvalue weighted by Crippen LogP contribution is -2.26. The van der Waals surface area contributed by atoms with Gasteiger partial charge in [-0.25, -0.2) is 4.79 Å². The highest BCUT2D eigenvalue weighted by Gasteiger charge is 2.13. The van der Waals surface area contributed by atoms with Crippen molar-refractivity contribution in [3.63, 3.8) is 0 Å². The number of carbonyl (C=O) groups is 2. The van der Waals surface area contributed by atoms with Crippen LogP contribution in [0.25, 0.3) is 0 Å². The molecule has 17 heavy (non-hydrogen) atoms. The number of benzene rings is 1. The van der Waals surface area contributed by atoms with Crippen LogP contribution in [0.1, 0.15) is 6.92 Å². The molecule has 0 saturated carbocycles. The van der Waals surface area contributed by atoms with Crippen molar-refractivity contribution in [2.75, 3.05) is 11.9 Å². The van der Waals surface area contributed by atoms with Crippen molar-refractivity contribution in [1.29, 1.82) is 0 Å². The third-order valence-corrected chi connectivity index (χ3v) is 2.41. The van der Waals surface area contributed by atoms with Gasteiger partial charge in [-0.3, -0.25) is 4.79 Å². The molecule has 2 N–H and O–H groups in total. The molecule has 0 saturated heterocycles. The van der Waals surface area contributed by atoms with Crippen LogP contribution in [-0.2, 0) is 14.3 Å². The van der Waals surface area contributed by atoms with Gasteiger partial charge < -0.3 is 15.2 Å². The summed E-state index contributed by atoms with van der Waals surface area (Å²) in [5, 5.41) is 11.1. The van der Waals surface area contributed by atoms with E-state index >= 15 is 0 Å². The van der Waals surface area contributed by atoms with Gasteiger partial charge in [0, 0.05) is 10.2 Å². The normalized spacial score (nSPS) is 11.9. The fourth-order valence-electron chi connectivity index (χ4n) is 1.04. The molecule has 0 spiro atoms. The SMILES string of the molecule is CC(OCC(=O)Nc1cccc(Br)c1)C(=O)O. The molecule has 1 atom stereocenters. The average Bonchev–Trinajstić information content (AvgIpc) is 2.25. The van der Waals surface area contributed by atoms with E-state index in [0.29, 0.717) is 5.69 Å². The zero-order valence-corrected chi connectivity index (χ0v) is 10.7. The first-order valence-electron chi connectivity index (χ1n) is 4.89. The third-order valence-electron chi connectivity index (χ3n) is 1.92. The summed E-state index contributed by atoms with van der Waals surface area (Å²) < 4.78 is 5.69. The van der Waals surface area contributed by atoms with Crippen molar-refractivity contribution in [3.8, 4) is 0 Å². The number of carbonyl (C=O) groups excluding carboxylic acids is 1. The number of hydrogen-bond acceptors (Lipinski definition) is 3. The van der Waals surface area contributed by atoms with Gasteiger partial charge in [0.05, 0.1) is 0 Å². The van der Waals surface area contributed by atoms with Gasteiger partial charge in [0.1, 0.15) is 6.61 Å². The maximum absolute atomic E-state index is 11.4. The van der Waals surface area contributed by atoms with E-state index in [-0.39, 0.29) is 6.61 Å². The molecule has 1 unspecified atom stereocenters. The van der Waals surface area contributed by atoms with Crippen molar-refractivity contribution in [2.45, 2.75) is 13.0 Å². The van der Waals surface area contributed by atoms with Crippen LogP contribution in [0.2, 0.25) is 0 Å². The Morgan fingerprint density at radius 3 is 2.82 bits per heavy atom. The van der Waals surface area contributed by atoms with Crippen LogP contribution in [0.5, 0.6) is 0 Å². The lowest BCUT2D eigenvalue weighted by Gasteiger charge is -2.09. The van der Waals surface area contributed by atoms with Crippen LogP contribution < -0.4 is 5.32 Å². The topological polar surface area (TPSA) is 75.6 Å². The van der Waals surface area contributed by atoms with Crippen molar-refractivity contribution < 1.29 is 19.4 Å². The number of amides is 1. The Bertz CT molecular complexity index is 422. The van der Waals surface area contributed by atoms with Gasteiger partial charge >= 0.3 is 5.97 Å². The predicted molar refractivity (Wildman–Crippen MR) is 65.8 cm³/mol. The van der Waals surface area contributed by atoms with Crippen molar-refractivity contribution in [3.05, 3.63) is 28.7 Å². The molecule has 5 nitrogen and oxygen atoms in total. The third kappa shape index (κ3) is 4.97. The van der Waals surface area contributed by atoms with Gasteiger partial charge in [-0.1, -0.05) is 22.0 Å². The second-order valence-electron chi connectivity index (χ2n) is 3.35. The zero-order valence-electron chi connectivity index (χ0n) is 9.14. The van der Waals surface area contributed by atoms with Crippen LogP contribution in [0.4, 0.5) is 5.69 Å². The highest BCUT2D eigenvalue weighted by molar-refractivity contribution is 9.10. The number of halogens is 1. The Hall–Kier alpha value is -1.40. The van der Waals surface area contributed by atoms with E-state index in [2.05, 4.69) is 21.2 Å². The molecule has 0 aliphatic carbocycles. The molecule has 1 amide bonds. The molecule has 0 heterocycles. The second-order valence-corrected chi connectivity index (χ2v) is 4.27. The highest BCUT2D eigenvalue weighted by atomic mass is 79.9. The number of carboxylic acid groups (broad SMARTS) is 1. The van der Waals surface area contributed by atoms with E-state index < -0.39 is 18.0 Å². The molecule has 6 heteroatoms. The van der Waals surface area contributed by atoms with Crippen molar-refractivity contribution >= 4 is 33.5 Å². The molecule has 0 fully saturated rings. The molecule has 1 aromatic carbocycles. The molecule has 1 rings (SSSR count). The zero-order chi connectivity index (χ0) is 12.8. The quantitative estimate of drug-likeness (QED) is 0.870. The summed E-state index contributed by atoms with van der Waals surface area (Å²) in [6, 6.07) is 7.07. The first kappa shape index (κ1) is 13.7. The number of carboxylic acids is 1. The van der Waals surface area contributed by atoms with E-state index in [9.17, 15) is 9.59 Å². The van der Waals surface area contributed by atoms with Crippen LogP contribution in [0.15, 0.2) is 28.7 Å². The summed E-state index contributed by atoms with van der Waals surface area (Å²) in [5.74, 6) is -1.49. The van der Waals surface area contributed by atoms with E-state index in [1.54, 1.807) is 18.2 Å². The van der Waals surface area contributed by atoms with Crippen LogP contribution in [0, 0.1) is 0 Å². The minimum Gasteiger partial charge on any atom is -0.479 e. The molecule has 0 aliphatic heterocycles. The number of ether oxygens (including phenoxy) is 1. The number of nitrogens with one attached hydrogen (secondary N) is 1. The molecule has 92 valence electrons. The summed E-state index contributed by atoms with van der Waals surface area (Å²) in [5.41, 5.74) is 0.621. The standard InChI is InChI=1S/C11H12BrNO4/c1-7(11(15)16)17-6-10(14)13-9-4-2-3-8(12)5-9/h2-5,7H,6H2,1H3,(H,13,14)(H,15,16). The van der Waals surface area contributed by atoms with Crippen LogP contribution in [-0.4, -0.2) is 29.7 Å². The molecular weight excluding hydrogens is 290 g/mol. The minimum absolute atomic E-state index is 0.292. The van der Waals surface area contributed by atoms with E-state index in [1.165, 1.54) is 6.92 Å². The predicted octanol–water partition coefficient (Wildman–Crippen LogP) is 1.88. The molecule has 0 aliphatic rings. The van der Waals surface area contributed by atoms with Gasteiger partial charge in [0.2, 0.25) is 5.91 Å². The smallest absolute Gasteiger partial charge is 0.332 e. The highest BCUT2D eigenvalue weighted by Crippen LogP contribution is 2.15. The van der Waals surface area contributed by atoms with Gasteiger partial charge in [-0.2, -0.15) is 0 Å². The lowest BCUT2D eigenvalue weighted by molar-refractivity contribution is -0.150. The monoisotopic (exact) mass is 301 g/mol. The Kier molecular flexibility index (Phi) is 5.11. The van der Waals surface area contributed by atoms with Crippen molar-refractivity contribution in [1.82, 2.24) is 0 Å². The summed E-state index contributed by atoms with van der Waals surface area (Å²) >= 11 is 3.27. The molecular formula is C11H12BrNO4. The first-order valence-corrected chi connectivity index (χ1v) is 5.68. The van der Waals surface area contributed by atoms with Crippen LogP contribution >= 0.6 is 15.9 Å². The summed E-state index contributed by atoms with van der Waals surface area (Å²) in [6.45, 7) is 1.08. The van der Waals surface area contributed by atoms with Crippen molar-refractivity contribution in [2.24, 2.45) is 0 Å². The van der Waals surface area contributed by atoms with Gasteiger partial charge in [-0.15, -0.1) is 0 Å². The fraction of sp³-hybridized carbons (Fsp3) is 0.273. The molecule has 0 aromatic heterocycles. The Balaban J connectivity index is 2.42. The van der Waals surface area contributed by atoms with E-state index in [0.717, 1.165) is 4.47 Å². The maximum Gasteiger partial charge on any atom is 0.332 e. The molecule has 1 aromatic rings. The summed E-state index contributed by atoms with van der Waals surface area (Å²) in [4.78, 5) is 21.9. The fourth-order valence-corrected chi connectivity index (χ4v) is 1.43.